The first kappa shape index (κ1) is 15.1. The maximum atomic E-state index is 12.8. The number of benzene rings is 1. The largest absolute Gasteiger partial charge is 0.335 e. The number of hydrogen-bond acceptors (Lipinski definition) is 4. The third-order valence-electron chi connectivity index (χ3n) is 4.46. The SMILES string of the molecule is CCCN1CCN(C(=O)c2cc3sc4ccccc4c3s2)CC1. The molecule has 1 amide bonds. The van der Waals surface area contributed by atoms with Crippen molar-refractivity contribution >= 4 is 48.1 Å². The van der Waals surface area contributed by atoms with E-state index in [1.807, 2.05) is 4.90 Å². The van der Waals surface area contributed by atoms with Crippen molar-refractivity contribution in [3.63, 3.8) is 0 Å². The topological polar surface area (TPSA) is 23.6 Å². The van der Waals surface area contributed by atoms with Crippen LogP contribution in [0.5, 0.6) is 0 Å². The monoisotopic (exact) mass is 344 g/mol. The van der Waals surface area contributed by atoms with Gasteiger partial charge < -0.3 is 4.90 Å². The molecule has 5 heteroatoms. The van der Waals surface area contributed by atoms with Gasteiger partial charge in [0.1, 0.15) is 0 Å². The molecule has 1 aromatic carbocycles. The first-order valence-corrected chi connectivity index (χ1v) is 9.82. The minimum absolute atomic E-state index is 0.207. The summed E-state index contributed by atoms with van der Waals surface area (Å²) in [6, 6.07) is 10.5. The van der Waals surface area contributed by atoms with Gasteiger partial charge in [0.25, 0.3) is 5.91 Å². The van der Waals surface area contributed by atoms with Crippen LogP contribution < -0.4 is 0 Å². The number of carbonyl (C=O) groups excluding carboxylic acids is 1. The minimum atomic E-state index is 0.207. The minimum Gasteiger partial charge on any atom is -0.335 e. The van der Waals surface area contributed by atoms with E-state index in [0.29, 0.717) is 0 Å². The van der Waals surface area contributed by atoms with Gasteiger partial charge in [-0.2, -0.15) is 0 Å². The summed E-state index contributed by atoms with van der Waals surface area (Å²) >= 11 is 3.44. The first-order valence-electron chi connectivity index (χ1n) is 8.19. The van der Waals surface area contributed by atoms with Gasteiger partial charge in [-0.3, -0.25) is 9.69 Å². The van der Waals surface area contributed by atoms with Crippen molar-refractivity contribution in [2.75, 3.05) is 32.7 Å². The smallest absolute Gasteiger partial charge is 0.264 e. The molecule has 0 atom stereocenters. The summed E-state index contributed by atoms with van der Waals surface area (Å²) in [5, 5.41) is 1.28. The number of thiophene rings is 2. The summed E-state index contributed by atoms with van der Waals surface area (Å²) in [5.41, 5.74) is 0. The first-order chi connectivity index (χ1) is 11.3. The van der Waals surface area contributed by atoms with Crippen LogP contribution in [0.4, 0.5) is 0 Å². The van der Waals surface area contributed by atoms with Crippen LogP contribution in [-0.2, 0) is 0 Å². The van der Waals surface area contributed by atoms with Crippen LogP contribution in [0.3, 0.4) is 0 Å². The van der Waals surface area contributed by atoms with Crippen molar-refractivity contribution in [1.82, 2.24) is 9.80 Å². The number of carbonyl (C=O) groups is 1. The summed E-state index contributed by atoms with van der Waals surface area (Å²) < 4.78 is 3.81. The second-order valence-electron chi connectivity index (χ2n) is 6.04. The molecule has 0 spiro atoms. The highest BCUT2D eigenvalue weighted by Crippen LogP contribution is 2.39. The summed E-state index contributed by atoms with van der Waals surface area (Å²) in [7, 11) is 0. The van der Waals surface area contributed by atoms with E-state index in [1.165, 1.54) is 25.9 Å². The Kier molecular flexibility index (Phi) is 4.09. The lowest BCUT2D eigenvalue weighted by Gasteiger charge is -2.34. The van der Waals surface area contributed by atoms with Crippen molar-refractivity contribution in [3.05, 3.63) is 35.2 Å². The zero-order valence-corrected chi connectivity index (χ0v) is 14.9. The number of fused-ring (bicyclic) bond motifs is 3. The Labute approximate surface area is 144 Å². The van der Waals surface area contributed by atoms with E-state index >= 15 is 0 Å². The molecule has 1 aliphatic heterocycles. The molecule has 23 heavy (non-hydrogen) atoms. The van der Waals surface area contributed by atoms with Crippen LogP contribution in [0.1, 0.15) is 23.0 Å². The lowest BCUT2D eigenvalue weighted by Crippen LogP contribution is -2.48. The molecule has 120 valence electrons. The van der Waals surface area contributed by atoms with Crippen LogP contribution in [0.25, 0.3) is 19.5 Å². The van der Waals surface area contributed by atoms with Crippen LogP contribution in [0, 0.1) is 0 Å². The zero-order valence-electron chi connectivity index (χ0n) is 13.2. The Balaban J connectivity index is 1.56. The van der Waals surface area contributed by atoms with Crippen LogP contribution in [0.15, 0.2) is 30.3 Å². The molecule has 1 saturated heterocycles. The van der Waals surface area contributed by atoms with Crippen molar-refractivity contribution in [2.24, 2.45) is 0 Å². The Morgan fingerprint density at radius 1 is 1.09 bits per heavy atom. The molecular formula is C18H20N2OS2. The Morgan fingerprint density at radius 3 is 2.65 bits per heavy atom. The maximum absolute atomic E-state index is 12.8. The Hall–Kier alpha value is -1.43. The number of amides is 1. The second kappa shape index (κ2) is 6.23. The maximum Gasteiger partial charge on any atom is 0.264 e. The lowest BCUT2D eigenvalue weighted by molar-refractivity contribution is 0.0642. The standard InChI is InChI=1S/C18H20N2OS2/c1-2-7-19-8-10-20(11-9-19)18(21)16-12-15-17(23-16)13-5-3-4-6-14(13)22-15/h3-6,12H,2,7-11H2,1H3. The van der Waals surface area contributed by atoms with Gasteiger partial charge in [0.15, 0.2) is 0 Å². The molecule has 0 saturated carbocycles. The third kappa shape index (κ3) is 2.77. The molecule has 0 N–H and O–H groups in total. The van der Waals surface area contributed by atoms with E-state index in [2.05, 4.69) is 42.2 Å². The molecule has 0 radical (unpaired) electrons. The van der Waals surface area contributed by atoms with Crippen molar-refractivity contribution in [1.29, 1.82) is 0 Å². The molecule has 0 aliphatic carbocycles. The second-order valence-corrected chi connectivity index (χ2v) is 8.17. The van der Waals surface area contributed by atoms with E-state index in [4.69, 9.17) is 0 Å². The molecule has 3 heterocycles. The molecule has 3 nitrogen and oxygen atoms in total. The highest BCUT2D eigenvalue weighted by Gasteiger charge is 2.23. The van der Waals surface area contributed by atoms with Gasteiger partial charge in [-0.05, 0) is 25.1 Å². The van der Waals surface area contributed by atoms with E-state index < -0.39 is 0 Å². The number of rotatable bonds is 3. The lowest BCUT2D eigenvalue weighted by atomic mass is 10.2. The molecule has 0 bridgehead atoms. The van der Waals surface area contributed by atoms with E-state index in [1.54, 1.807) is 22.7 Å². The highest BCUT2D eigenvalue weighted by molar-refractivity contribution is 7.33. The predicted molar refractivity (Wildman–Crippen MR) is 99.8 cm³/mol. The van der Waals surface area contributed by atoms with Crippen LogP contribution >= 0.6 is 22.7 Å². The Morgan fingerprint density at radius 2 is 1.87 bits per heavy atom. The molecule has 2 aromatic heterocycles. The number of hydrogen-bond donors (Lipinski definition) is 0. The van der Waals surface area contributed by atoms with Crippen molar-refractivity contribution in [2.45, 2.75) is 13.3 Å². The van der Waals surface area contributed by atoms with Gasteiger partial charge in [0.05, 0.1) is 9.58 Å². The van der Waals surface area contributed by atoms with E-state index in [9.17, 15) is 4.79 Å². The molecule has 1 fully saturated rings. The van der Waals surface area contributed by atoms with Crippen molar-refractivity contribution in [3.8, 4) is 0 Å². The fourth-order valence-corrected chi connectivity index (χ4v) is 5.74. The highest BCUT2D eigenvalue weighted by atomic mass is 32.1. The van der Waals surface area contributed by atoms with Crippen LogP contribution in [0.2, 0.25) is 0 Å². The quantitative estimate of drug-likeness (QED) is 0.708. The average Bonchev–Trinajstić information content (AvgIpc) is 3.13. The van der Waals surface area contributed by atoms with Crippen LogP contribution in [-0.4, -0.2) is 48.4 Å². The molecule has 0 unspecified atom stereocenters. The number of nitrogens with zero attached hydrogens (tertiary/aromatic N) is 2. The van der Waals surface area contributed by atoms with Gasteiger partial charge in [-0.15, -0.1) is 22.7 Å². The van der Waals surface area contributed by atoms with Gasteiger partial charge in [-0.25, -0.2) is 0 Å². The summed E-state index contributed by atoms with van der Waals surface area (Å²) in [4.78, 5) is 18.1. The number of piperazine rings is 1. The molecular weight excluding hydrogens is 324 g/mol. The fourth-order valence-electron chi connectivity index (χ4n) is 3.25. The predicted octanol–water partition coefficient (Wildman–Crippen LogP) is 4.28. The third-order valence-corrected chi connectivity index (χ3v) is 6.86. The van der Waals surface area contributed by atoms with E-state index in [-0.39, 0.29) is 5.91 Å². The molecule has 1 aliphatic rings. The Bertz CT molecular complexity index is 843. The average molecular weight is 345 g/mol. The van der Waals surface area contributed by atoms with Gasteiger partial charge in [0.2, 0.25) is 0 Å². The van der Waals surface area contributed by atoms with Gasteiger partial charge >= 0.3 is 0 Å². The fraction of sp³-hybridized carbons (Fsp3) is 0.389. The van der Waals surface area contributed by atoms with Gasteiger partial charge in [-0.1, -0.05) is 25.1 Å². The normalized spacial score (nSPS) is 16.5. The summed E-state index contributed by atoms with van der Waals surface area (Å²) in [6.07, 6.45) is 1.18. The van der Waals surface area contributed by atoms with Crippen molar-refractivity contribution < 1.29 is 4.79 Å². The summed E-state index contributed by atoms with van der Waals surface area (Å²) in [6.45, 7) is 7.06. The zero-order chi connectivity index (χ0) is 15.8. The molecule has 4 rings (SSSR count). The van der Waals surface area contributed by atoms with E-state index in [0.717, 1.165) is 37.6 Å². The summed E-state index contributed by atoms with van der Waals surface area (Å²) in [5.74, 6) is 0.207. The molecule has 3 aromatic rings. The van der Waals surface area contributed by atoms with Gasteiger partial charge in [0, 0.05) is 41.0 Å².